The SMILES string of the molecule is CC(C)(C)OC(=O)NC(CCc1ccccc1)C(=O)NS(=O)(=O)c1cccc(-c2ccc(CC=NNc3nc4ccccc4s3)o2)c1. The highest BCUT2D eigenvalue weighted by atomic mass is 32.2. The number of hydrogen-bond donors (Lipinski definition) is 3. The first kappa shape index (κ1) is 33.4. The Morgan fingerprint density at radius 3 is 2.53 bits per heavy atom. The predicted octanol–water partition coefficient (Wildman–Crippen LogP) is 6.53. The Morgan fingerprint density at radius 1 is 1.00 bits per heavy atom. The van der Waals surface area contributed by atoms with Gasteiger partial charge in [-0.25, -0.2) is 22.9 Å². The third-order valence-corrected chi connectivity index (χ3v) is 9.02. The van der Waals surface area contributed by atoms with Gasteiger partial charge in [0.1, 0.15) is 23.2 Å². The Balaban J connectivity index is 1.23. The van der Waals surface area contributed by atoms with E-state index in [4.69, 9.17) is 9.15 Å². The van der Waals surface area contributed by atoms with Gasteiger partial charge < -0.3 is 14.5 Å². The highest BCUT2D eigenvalue weighted by molar-refractivity contribution is 7.90. The van der Waals surface area contributed by atoms with E-state index in [-0.39, 0.29) is 11.3 Å². The fourth-order valence-corrected chi connectivity index (χ4v) is 6.43. The molecule has 0 saturated heterocycles. The zero-order valence-electron chi connectivity index (χ0n) is 26.1. The van der Waals surface area contributed by atoms with Crippen LogP contribution in [0.5, 0.6) is 0 Å². The number of nitrogens with one attached hydrogen (secondary N) is 3. The average molecular weight is 674 g/mol. The van der Waals surface area contributed by atoms with Crippen LogP contribution >= 0.6 is 11.3 Å². The highest BCUT2D eigenvalue weighted by Gasteiger charge is 2.28. The van der Waals surface area contributed by atoms with Crippen LogP contribution in [0.3, 0.4) is 0 Å². The summed E-state index contributed by atoms with van der Waals surface area (Å²) in [6, 6.07) is 25.6. The summed E-state index contributed by atoms with van der Waals surface area (Å²) >= 11 is 1.50. The number of furan rings is 1. The summed E-state index contributed by atoms with van der Waals surface area (Å²) in [4.78, 5) is 30.1. The van der Waals surface area contributed by atoms with E-state index in [1.807, 2.05) is 54.6 Å². The molecule has 244 valence electrons. The third-order valence-electron chi connectivity index (χ3n) is 6.74. The van der Waals surface area contributed by atoms with Crippen LogP contribution in [0.15, 0.2) is 105 Å². The Kier molecular flexibility index (Phi) is 10.4. The Morgan fingerprint density at radius 2 is 1.77 bits per heavy atom. The number of anilines is 1. The molecule has 1 unspecified atom stereocenters. The Bertz CT molecular complexity index is 1950. The number of carbonyl (C=O) groups is 2. The molecule has 5 aromatic rings. The van der Waals surface area contributed by atoms with E-state index >= 15 is 0 Å². The van der Waals surface area contributed by atoms with Crippen molar-refractivity contribution in [2.24, 2.45) is 5.10 Å². The molecule has 0 aliphatic rings. The molecule has 47 heavy (non-hydrogen) atoms. The minimum Gasteiger partial charge on any atom is -0.461 e. The first-order valence-electron chi connectivity index (χ1n) is 14.9. The van der Waals surface area contributed by atoms with Gasteiger partial charge in [0, 0.05) is 18.2 Å². The molecule has 1 atom stereocenters. The predicted molar refractivity (Wildman–Crippen MR) is 183 cm³/mol. The molecule has 0 fully saturated rings. The largest absolute Gasteiger partial charge is 0.461 e. The molecule has 0 radical (unpaired) electrons. The van der Waals surface area contributed by atoms with Crippen molar-refractivity contribution in [2.75, 3.05) is 5.43 Å². The van der Waals surface area contributed by atoms with Gasteiger partial charge in [0.2, 0.25) is 5.13 Å². The summed E-state index contributed by atoms with van der Waals surface area (Å²) in [5.74, 6) is 0.186. The summed E-state index contributed by atoms with van der Waals surface area (Å²) in [6.45, 7) is 5.09. The number of carbonyl (C=O) groups excluding carboxylic acids is 2. The lowest BCUT2D eigenvalue weighted by Gasteiger charge is -2.23. The fraction of sp³-hybridized carbons (Fsp3) is 0.235. The van der Waals surface area contributed by atoms with Gasteiger partial charge in [0.05, 0.1) is 15.1 Å². The van der Waals surface area contributed by atoms with Crippen molar-refractivity contribution in [3.63, 3.8) is 0 Å². The molecule has 11 nitrogen and oxygen atoms in total. The average Bonchev–Trinajstić information content (AvgIpc) is 3.68. The number of hydrazone groups is 1. The van der Waals surface area contributed by atoms with Crippen LogP contribution in [0, 0.1) is 0 Å². The number of ether oxygens (including phenoxy) is 1. The lowest BCUT2D eigenvalue weighted by molar-refractivity contribution is -0.121. The molecule has 3 aromatic carbocycles. The second-order valence-electron chi connectivity index (χ2n) is 11.6. The number of aromatic nitrogens is 1. The quantitative estimate of drug-likeness (QED) is 0.0999. The molecule has 0 spiro atoms. The van der Waals surface area contributed by atoms with Gasteiger partial charge in [0.15, 0.2) is 0 Å². The van der Waals surface area contributed by atoms with Crippen molar-refractivity contribution in [1.82, 2.24) is 15.0 Å². The lowest BCUT2D eigenvalue weighted by Crippen LogP contribution is -2.49. The maximum atomic E-state index is 13.3. The van der Waals surface area contributed by atoms with E-state index in [2.05, 4.69) is 25.6 Å². The molecule has 0 aliphatic heterocycles. The maximum Gasteiger partial charge on any atom is 0.408 e. The minimum atomic E-state index is -4.30. The standard InChI is InChI=1S/C34H35N5O6S2/c1-34(2,3)45-33(41)37-28(18-16-23-10-5-4-6-11-23)31(40)39-47(42,43)26-13-9-12-24(22-26)29-19-17-25(44-29)20-21-35-38-32-36-27-14-7-8-15-30(27)46-32/h4-15,17,19,21-22,28H,16,18,20H2,1-3H3,(H,36,38)(H,37,41)(H,39,40). The fourth-order valence-electron chi connectivity index (χ4n) is 4.55. The van der Waals surface area contributed by atoms with Crippen LogP contribution in [-0.2, 0) is 32.4 Å². The zero-order chi connectivity index (χ0) is 33.4. The molecule has 3 N–H and O–H groups in total. The second kappa shape index (κ2) is 14.6. The van der Waals surface area contributed by atoms with Crippen molar-refractivity contribution in [1.29, 1.82) is 0 Å². The number of sulfonamides is 1. The van der Waals surface area contributed by atoms with Crippen molar-refractivity contribution in [3.05, 3.63) is 102 Å². The molecule has 2 amide bonds. The number of aryl methyl sites for hydroxylation is 1. The maximum absolute atomic E-state index is 13.3. The number of benzene rings is 3. The number of alkyl carbamates (subject to hydrolysis) is 1. The van der Waals surface area contributed by atoms with Gasteiger partial charge in [-0.1, -0.05) is 65.9 Å². The summed E-state index contributed by atoms with van der Waals surface area (Å²) in [7, 11) is -4.30. The Labute approximate surface area is 277 Å². The van der Waals surface area contributed by atoms with Crippen molar-refractivity contribution >= 4 is 54.9 Å². The normalized spacial score (nSPS) is 12.6. The molecule has 0 saturated carbocycles. The van der Waals surface area contributed by atoms with Gasteiger partial charge in [-0.3, -0.25) is 10.2 Å². The van der Waals surface area contributed by atoms with E-state index in [1.54, 1.807) is 51.3 Å². The molecule has 0 aliphatic carbocycles. The summed E-state index contributed by atoms with van der Waals surface area (Å²) in [5, 5.41) is 7.43. The van der Waals surface area contributed by atoms with E-state index in [1.165, 1.54) is 23.5 Å². The van der Waals surface area contributed by atoms with E-state index < -0.39 is 33.7 Å². The first-order chi connectivity index (χ1) is 22.4. The zero-order valence-corrected chi connectivity index (χ0v) is 27.7. The van der Waals surface area contributed by atoms with Crippen LogP contribution in [0.4, 0.5) is 9.93 Å². The van der Waals surface area contributed by atoms with Crippen LogP contribution in [0.2, 0.25) is 0 Å². The molecule has 2 aromatic heterocycles. The summed E-state index contributed by atoms with van der Waals surface area (Å²) < 4.78 is 41.1. The van der Waals surface area contributed by atoms with Crippen LogP contribution < -0.4 is 15.5 Å². The number of para-hydroxylation sites is 1. The van der Waals surface area contributed by atoms with Crippen molar-refractivity contribution in [3.8, 4) is 11.3 Å². The van der Waals surface area contributed by atoms with Gasteiger partial charge in [-0.2, -0.15) is 5.10 Å². The number of hydrogen-bond acceptors (Lipinski definition) is 10. The van der Waals surface area contributed by atoms with Gasteiger partial charge in [-0.15, -0.1) is 0 Å². The molecular formula is C34H35N5O6S2. The smallest absolute Gasteiger partial charge is 0.408 e. The molecule has 5 rings (SSSR count). The molecule has 0 bridgehead atoms. The van der Waals surface area contributed by atoms with Crippen LogP contribution in [0.1, 0.15) is 38.5 Å². The topological polar surface area (TPSA) is 152 Å². The summed E-state index contributed by atoms with van der Waals surface area (Å²) in [6.07, 6.45) is 1.80. The summed E-state index contributed by atoms with van der Waals surface area (Å²) in [5.41, 5.74) is 4.46. The number of nitrogens with zero attached hydrogens (tertiary/aromatic N) is 2. The number of rotatable bonds is 12. The van der Waals surface area contributed by atoms with E-state index in [0.29, 0.717) is 35.1 Å². The lowest BCUT2D eigenvalue weighted by atomic mass is 10.1. The van der Waals surface area contributed by atoms with Gasteiger partial charge in [-0.05, 0) is 75.6 Å². The van der Waals surface area contributed by atoms with E-state index in [9.17, 15) is 18.0 Å². The number of thiazole rings is 1. The number of amides is 2. The van der Waals surface area contributed by atoms with Crippen molar-refractivity contribution in [2.45, 2.75) is 56.6 Å². The number of fused-ring (bicyclic) bond motifs is 1. The van der Waals surface area contributed by atoms with Gasteiger partial charge >= 0.3 is 6.09 Å². The second-order valence-corrected chi connectivity index (χ2v) is 14.3. The highest BCUT2D eigenvalue weighted by Crippen LogP contribution is 2.26. The van der Waals surface area contributed by atoms with Gasteiger partial charge in [0.25, 0.3) is 15.9 Å². The molecular weight excluding hydrogens is 639 g/mol. The monoisotopic (exact) mass is 673 g/mol. The third kappa shape index (κ3) is 9.50. The molecule has 13 heteroatoms. The first-order valence-corrected chi connectivity index (χ1v) is 17.2. The van der Waals surface area contributed by atoms with Crippen LogP contribution in [0.25, 0.3) is 21.5 Å². The van der Waals surface area contributed by atoms with Crippen molar-refractivity contribution < 1.29 is 27.2 Å². The Hall–Kier alpha value is -5.01. The minimum absolute atomic E-state index is 0.137. The van der Waals surface area contributed by atoms with Crippen LogP contribution in [-0.4, -0.2) is 43.3 Å². The molecule has 2 heterocycles. The van der Waals surface area contributed by atoms with E-state index in [0.717, 1.165) is 15.8 Å².